The summed E-state index contributed by atoms with van der Waals surface area (Å²) in [6.07, 6.45) is 11.1. The van der Waals surface area contributed by atoms with Crippen molar-refractivity contribution < 1.29 is 22.6 Å². The molecule has 1 rings (SSSR count). The Labute approximate surface area is 179 Å². The lowest BCUT2D eigenvalue weighted by atomic mass is 10.1. The maximum Gasteiger partial charge on any atom is 0.124 e. The number of phenols is 1. The maximum absolute atomic E-state index is 10.4. The van der Waals surface area contributed by atoms with Crippen molar-refractivity contribution >= 4 is 10.1 Å². The van der Waals surface area contributed by atoms with E-state index in [1.54, 1.807) is 6.92 Å². The minimum Gasteiger partial charge on any atom is -0.744 e. The molecule has 0 bridgehead atoms. The Balaban J connectivity index is 0.000000571. The van der Waals surface area contributed by atoms with Crippen molar-refractivity contribution in [2.75, 3.05) is 26.2 Å². The van der Waals surface area contributed by atoms with E-state index in [0.29, 0.717) is 5.56 Å². The number of unbranched alkanes of at least 4 members (excludes halogenated alkanes) is 4. The summed E-state index contributed by atoms with van der Waals surface area (Å²) in [6.45, 7) is 16.6. The van der Waals surface area contributed by atoms with E-state index >= 15 is 0 Å². The summed E-state index contributed by atoms with van der Waals surface area (Å²) in [5.74, 6) is -0.188. The second-order valence-electron chi connectivity index (χ2n) is 8.05. The lowest BCUT2D eigenvalue weighted by molar-refractivity contribution is -0.929. The molecule has 0 aromatic heterocycles. The first kappa shape index (κ1) is 27.9. The van der Waals surface area contributed by atoms with Crippen LogP contribution in [0.4, 0.5) is 0 Å². The highest BCUT2D eigenvalue weighted by molar-refractivity contribution is 7.85. The van der Waals surface area contributed by atoms with Gasteiger partial charge in [0.15, 0.2) is 0 Å². The quantitative estimate of drug-likeness (QED) is 0.327. The Bertz CT molecular complexity index is 621. The Morgan fingerprint density at radius 2 is 1.21 bits per heavy atom. The molecule has 0 aliphatic heterocycles. The Morgan fingerprint density at radius 1 is 0.828 bits per heavy atom. The number of hydrogen-bond acceptors (Lipinski definition) is 4. The predicted molar refractivity (Wildman–Crippen MR) is 120 cm³/mol. The van der Waals surface area contributed by atoms with Crippen LogP contribution < -0.4 is 0 Å². The van der Waals surface area contributed by atoms with Crippen LogP contribution >= 0.6 is 0 Å². The highest BCUT2D eigenvalue weighted by atomic mass is 32.2. The maximum atomic E-state index is 10.4. The van der Waals surface area contributed by atoms with E-state index < -0.39 is 15.0 Å². The van der Waals surface area contributed by atoms with Gasteiger partial charge in [0.2, 0.25) is 0 Å². The first-order chi connectivity index (χ1) is 13.7. The van der Waals surface area contributed by atoms with Crippen LogP contribution in [-0.4, -0.2) is 48.7 Å². The number of rotatable bonds is 13. The fourth-order valence-electron chi connectivity index (χ4n) is 3.39. The molecule has 0 atom stereocenters. The van der Waals surface area contributed by atoms with Crippen molar-refractivity contribution in [2.24, 2.45) is 0 Å². The third-order valence-electron chi connectivity index (χ3n) is 5.41. The number of phenolic OH excluding ortho intramolecular Hbond substituents is 1. The van der Waals surface area contributed by atoms with E-state index in [4.69, 9.17) is 5.11 Å². The molecule has 0 spiro atoms. The number of hydrogen-bond donors (Lipinski definition) is 1. The molecule has 0 radical (unpaired) electrons. The zero-order valence-corrected chi connectivity index (χ0v) is 20.1. The van der Waals surface area contributed by atoms with Gasteiger partial charge in [-0.2, -0.15) is 0 Å². The van der Waals surface area contributed by atoms with E-state index in [2.05, 4.69) is 27.7 Å². The SMILES string of the molecule is CCCC[N+](CCCC)(CCCC)CCCC.Cc1ccc(S(=O)(=O)[O-])cc1O. The highest BCUT2D eigenvalue weighted by Gasteiger charge is 2.24. The van der Waals surface area contributed by atoms with Crippen molar-refractivity contribution in [3.63, 3.8) is 0 Å². The summed E-state index contributed by atoms with van der Waals surface area (Å²) in [7, 11) is -4.45. The molecule has 6 heteroatoms. The number of aryl methyl sites for hydroxylation is 1. The lowest BCUT2D eigenvalue weighted by Crippen LogP contribution is -2.50. The zero-order valence-electron chi connectivity index (χ0n) is 19.2. The van der Waals surface area contributed by atoms with Crippen molar-refractivity contribution in [3.05, 3.63) is 23.8 Å². The van der Waals surface area contributed by atoms with Crippen LogP contribution in [-0.2, 0) is 10.1 Å². The van der Waals surface area contributed by atoms with Gasteiger partial charge in [0.05, 0.1) is 31.1 Å². The monoisotopic (exact) mass is 429 g/mol. The van der Waals surface area contributed by atoms with E-state index in [1.165, 1.54) is 88.1 Å². The van der Waals surface area contributed by atoms with Gasteiger partial charge in [-0.25, -0.2) is 8.42 Å². The standard InChI is InChI=1S/C16H36N.C7H8O4S/c1-5-9-13-17(14-10-6-2,15-11-7-3)16-12-8-4;1-5-2-3-6(4-7(5)8)12(9,10)11/h5-16H2,1-4H3;2-4,8H,1H3,(H,9,10,11)/q+1;/p-1. The van der Waals surface area contributed by atoms with Gasteiger partial charge in [-0.1, -0.05) is 59.4 Å². The van der Waals surface area contributed by atoms with E-state index in [9.17, 15) is 13.0 Å². The van der Waals surface area contributed by atoms with Gasteiger partial charge < -0.3 is 14.1 Å². The fraction of sp³-hybridized carbons (Fsp3) is 0.739. The van der Waals surface area contributed by atoms with Crippen LogP contribution in [0, 0.1) is 6.92 Å². The van der Waals surface area contributed by atoms with Crippen molar-refractivity contribution in [1.82, 2.24) is 0 Å². The molecule has 1 aromatic rings. The third kappa shape index (κ3) is 11.6. The molecule has 1 aromatic carbocycles. The molecule has 0 unspecified atom stereocenters. The molecule has 1 N–H and O–H groups in total. The molecular formula is C23H43NO4S. The molecule has 29 heavy (non-hydrogen) atoms. The Kier molecular flexibility index (Phi) is 14.2. The minimum absolute atomic E-state index is 0.188. The summed E-state index contributed by atoms with van der Waals surface area (Å²) < 4.78 is 32.7. The van der Waals surface area contributed by atoms with Crippen molar-refractivity contribution in [2.45, 2.75) is 90.9 Å². The van der Waals surface area contributed by atoms with E-state index in [1.807, 2.05) is 0 Å². The average molecular weight is 430 g/mol. The Hall–Kier alpha value is -1.11. The summed E-state index contributed by atoms with van der Waals surface area (Å²) >= 11 is 0. The fourth-order valence-corrected chi connectivity index (χ4v) is 3.88. The number of benzene rings is 1. The summed E-state index contributed by atoms with van der Waals surface area (Å²) in [6, 6.07) is 3.48. The predicted octanol–water partition coefficient (Wildman–Crippen LogP) is 5.61. The molecule has 0 amide bonds. The van der Waals surface area contributed by atoms with Crippen LogP contribution in [0.2, 0.25) is 0 Å². The minimum atomic E-state index is -4.45. The summed E-state index contributed by atoms with van der Waals surface area (Å²) in [5, 5.41) is 9.06. The first-order valence-electron chi connectivity index (χ1n) is 11.3. The van der Waals surface area contributed by atoms with Crippen LogP contribution in [0.3, 0.4) is 0 Å². The molecule has 0 aliphatic rings. The molecule has 0 saturated heterocycles. The highest BCUT2D eigenvalue weighted by Crippen LogP contribution is 2.20. The molecule has 5 nitrogen and oxygen atoms in total. The van der Waals surface area contributed by atoms with Gasteiger partial charge in [-0.05, 0) is 50.3 Å². The van der Waals surface area contributed by atoms with Gasteiger partial charge in [0, 0.05) is 0 Å². The van der Waals surface area contributed by atoms with Gasteiger partial charge >= 0.3 is 0 Å². The lowest BCUT2D eigenvalue weighted by Gasteiger charge is -2.39. The molecule has 0 saturated carbocycles. The van der Waals surface area contributed by atoms with Gasteiger partial charge in [-0.15, -0.1) is 0 Å². The Morgan fingerprint density at radius 3 is 1.48 bits per heavy atom. The van der Waals surface area contributed by atoms with E-state index in [-0.39, 0.29) is 5.75 Å². The second-order valence-corrected chi connectivity index (χ2v) is 9.43. The molecular weight excluding hydrogens is 386 g/mol. The third-order valence-corrected chi connectivity index (χ3v) is 6.24. The van der Waals surface area contributed by atoms with Crippen molar-refractivity contribution in [1.29, 1.82) is 0 Å². The number of quaternary nitrogens is 1. The largest absolute Gasteiger partial charge is 0.744 e. The van der Waals surface area contributed by atoms with Gasteiger partial charge in [0.25, 0.3) is 0 Å². The van der Waals surface area contributed by atoms with Gasteiger partial charge in [-0.3, -0.25) is 0 Å². The average Bonchev–Trinajstić information content (AvgIpc) is 2.68. The molecule has 0 heterocycles. The van der Waals surface area contributed by atoms with Crippen LogP contribution in [0.15, 0.2) is 23.1 Å². The van der Waals surface area contributed by atoms with Crippen LogP contribution in [0.5, 0.6) is 5.75 Å². The number of nitrogens with zero attached hydrogens (tertiary/aromatic N) is 1. The molecule has 170 valence electrons. The number of aromatic hydroxyl groups is 1. The topological polar surface area (TPSA) is 77.4 Å². The van der Waals surface area contributed by atoms with Crippen LogP contribution in [0.25, 0.3) is 0 Å². The zero-order chi connectivity index (χ0) is 22.3. The van der Waals surface area contributed by atoms with Gasteiger partial charge in [0.1, 0.15) is 15.9 Å². The molecule has 0 aliphatic carbocycles. The normalized spacial score (nSPS) is 11.8. The smallest absolute Gasteiger partial charge is 0.124 e. The first-order valence-corrected chi connectivity index (χ1v) is 12.7. The van der Waals surface area contributed by atoms with Crippen molar-refractivity contribution in [3.8, 4) is 5.75 Å². The van der Waals surface area contributed by atoms with E-state index in [0.717, 1.165) is 12.1 Å². The molecule has 0 fully saturated rings. The second kappa shape index (κ2) is 14.8. The summed E-state index contributed by atoms with van der Waals surface area (Å²) in [4.78, 5) is -0.411. The summed E-state index contributed by atoms with van der Waals surface area (Å²) in [5.41, 5.74) is 0.530. The van der Waals surface area contributed by atoms with Crippen LogP contribution in [0.1, 0.15) is 84.6 Å².